The Kier molecular flexibility index (Phi) is 3.77. The molecule has 1 aliphatic rings. The molecule has 1 heteroatoms. The molecule has 0 aromatic heterocycles. The van der Waals surface area contributed by atoms with Gasteiger partial charge in [-0.3, -0.25) is 0 Å². The smallest absolute Gasteiger partial charge is 0.0946 e. The van der Waals surface area contributed by atoms with Crippen LogP contribution in [0.2, 0.25) is 0 Å². The maximum absolute atomic E-state index is 2.40. The first-order valence-corrected chi connectivity index (χ1v) is 4.96. The monoisotopic (exact) mass is 172 g/mol. The number of likely N-dealkylation sites (tertiary alicyclic amines) is 1. The summed E-state index contributed by atoms with van der Waals surface area (Å²) in [7, 11) is 0. The number of nitrogens with zero attached hydrogens (tertiary/aromatic N) is 1. The molecule has 2 unspecified atom stereocenters. The highest BCUT2D eigenvalue weighted by atomic mass is 15.4. The molecule has 0 N–H and O–H groups in total. The lowest BCUT2D eigenvalue weighted by molar-refractivity contribution is -1.02. The summed E-state index contributed by atoms with van der Waals surface area (Å²) in [6.45, 7) is 14.4. The van der Waals surface area contributed by atoms with Gasteiger partial charge < -0.3 is 4.48 Å². The molecule has 0 aromatic rings. The van der Waals surface area contributed by atoms with E-state index in [1.54, 1.807) is 0 Å². The van der Waals surface area contributed by atoms with Crippen LogP contribution in [0.5, 0.6) is 0 Å². The average Bonchev–Trinajstić information content (AvgIpc) is 2.06. The lowest BCUT2D eigenvalue weighted by Crippen LogP contribution is -2.74. The van der Waals surface area contributed by atoms with Crippen LogP contribution < -0.4 is 0 Å². The van der Waals surface area contributed by atoms with Crippen LogP contribution in [0.4, 0.5) is 0 Å². The van der Waals surface area contributed by atoms with Crippen LogP contribution in [-0.2, 0) is 0 Å². The van der Waals surface area contributed by atoms with Crippen molar-refractivity contribution in [2.75, 3.05) is 13.1 Å². The fourth-order valence-electron chi connectivity index (χ4n) is 2.98. The van der Waals surface area contributed by atoms with Crippen molar-refractivity contribution in [3.05, 3.63) is 0 Å². The summed E-state index contributed by atoms with van der Waals surface area (Å²) in [4.78, 5) is 0. The van der Waals surface area contributed by atoms with Crippen LogP contribution in [0.15, 0.2) is 0 Å². The summed E-state index contributed by atoms with van der Waals surface area (Å²) in [5.41, 5.74) is 0. The van der Waals surface area contributed by atoms with Gasteiger partial charge in [-0.05, 0) is 27.7 Å². The van der Waals surface area contributed by atoms with Crippen molar-refractivity contribution in [1.29, 1.82) is 0 Å². The summed E-state index contributed by atoms with van der Waals surface area (Å²) in [5.74, 6) is 0.926. The van der Waals surface area contributed by atoms with Crippen LogP contribution in [-0.4, -0.2) is 29.7 Å². The summed E-state index contributed by atoms with van der Waals surface area (Å²) in [6, 6.07) is 1.78. The van der Waals surface area contributed by atoms with Gasteiger partial charge in [-0.1, -0.05) is 14.4 Å². The highest BCUT2D eigenvalue weighted by Gasteiger charge is 2.53. The van der Waals surface area contributed by atoms with Crippen molar-refractivity contribution in [2.24, 2.45) is 5.92 Å². The van der Waals surface area contributed by atoms with Crippen LogP contribution >= 0.6 is 0 Å². The molecule has 1 rings (SSSR count). The molecule has 2 atom stereocenters. The molecule has 12 heavy (non-hydrogen) atoms. The summed E-state index contributed by atoms with van der Waals surface area (Å²) in [5, 5.41) is 0. The highest BCUT2D eigenvalue weighted by Crippen LogP contribution is 2.39. The van der Waals surface area contributed by atoms with Crippen LogP contribution in [0.1, 0.15) is 42.0 Å². The standard InChI is InChI=1S/C10H22N.CH4/c1-6-11(7-2)9(4)8(3)10(11)5;/h8-10H,6-7H2,1-5H3;1H4/q+1;. The van der Waals surface area contributed by atoms with Gasteiger partial charge in [0.25, 0.3) is 0 Å². The first kappa shape index (κ1) is 12.0. The van der Waals surface area contributed by atoms with Crippen molar-refractivity contribution in [1.82, 2.24) is 0 Å². The zero-order valence-corrected chi connectivity index (χ0v) is 8.59. The van der Waals surface area contributed by atoms with Gasteiger partial charge in [0.1, 0.15) is 0 Å². The van der Waals surface area contributed by atoms with Crippen LogP contribution in [0.25, 0.3) is 0 Å². The van der Waals surface area contributed by atoms with Crippen molar-refractivity contribution in [2.45, 2.75) is 54.1 Å². The Balaban J connectivity index is 0.00000121. The quantitative estimate of drug-likeness (QED) is 0.562. The average molecular weight is 172 g/mol. The van der Waals surface area contributed by atoms with E-state index >= 15 is 0 Å². The van der Waals surface area contributed by atoms with Gasteiger partial charge in [0.05, 0.1) is 31.1 Å². The maximum atomic E-state index is 2.40. The minimum atomic E-state index is 0. The van der Waals surface area contributed by atoms with Crippen LogP contribution in [0.3, 0.4) is 0 Å². The zero-order valence-electron chi connectivity index (χ0n) is 8.59. The van der Waals surface area contributed by atoms with E-state index in [0.29, 0.717) is 0 Å². The number of hydrogen-bond donors (Lipinski definition) is 0. The van der Waals surface area contributed by atoms with E-state index in [1.807, 2.05) is 0 Å². The van der Waals surface area contributed by atoms with Gasteiger partial charge in [0.15, 0.2) is 0 Å². The molecular formula is C11H26N+. The minimum Gasteiger partial charge on any atom is -0.319 e. The Morgan fingerprint density at radius 2 is 1.25 bits per heavy atom. The molecule has 0 aromatic carbocycles. The van der Waals surface area contributed by atoms with E-state index in [9.17, 15) is 0 Å². The van der Waals surface area contributed by atoms with E-state index in [0.717, 1.165) is 18.0 Å². The summed E-state index contributed by atoms with van der Waals surface area (Å²) in [6.07, 6.45) is 0. The van der Waals surface area contributed by atoms with E-state index < -0.39 is 0 Å². The second kappa shape index (κ2) is 3.78. The minimum absolute atomic E-state index is 0. The number of hydrogen-bond acceptors (Lipinski definition) is 0. The molecule has 1 saturated heterocycles. The number of quaternary nitrogens is 1. The molecular weight excluding hydrogens is 146 g/mol. The molecule has 1 fully saturated rings. The Morgan fingerprint density at radius 1 is 0.917 bits per heavy atom. The highest BCUT2D eigenvalue weighted by molar-refractivity contribution is 4.81. The topological polar surface area (TPSA) is 0 Å². The Hall–Kier alpha value is -0.0400. The van der Waals surface area contributed by atoms with Crippen LogP contribution in [0, 0.1) is 5.92 Å². The lowest BCUT2D eigenvalue weighted by atomic mass is 9.79. The van der Waals surface area contributed by atoms with Crippen molar-refractivity contribution in [3.8, 4) is 0 Å². The number of rotatable bonds is 2. The molecule has 0 saturated carbocycles. The lowest BCUT2D eigenvalue weighted by Gasteiger charge is -2.60. The molecule has 0 spiro atoms. The van der Waals surface area contributed by atoms with Gasteiger partial charge in [0, 0.05) is 0 Å². The predicted molar refractivity (Wildman–Crippen MR) is 56.2 cm³/mol. The molecule has 0 aliphatic carbocycles. The normalized spacial score (nSPS) is 38.2. The van der Waals surface area contributed by atoms with E-state index in [-0.39, 0.29) is 7.43 Å². The second-order valence-corrected chi connectivity index (χ2v) is 4.08. The van der Waals surface area contributed by atoms with Gasteiger partial charge in [-0.2, -0.15) is 0 Å². The Morgan fingerprint density at radius 3 is 1.42 bits per heavy atom. The van der Waals surface area contributed by atoms with Crippen molar-refractivity contribution in [3.63, 3.8) is 0 Å². The molecule has 1 aliphatic heterocycles. The van der Waals surface area contributed by atoms with E-state index in [2.05, 4.69) is 34.6 Å². The third-order valence-corrected chi connectivity index (χ3v) is 4.32. The second-order valence-electron chi connectivity index (χ2n) is 4.08. The third-order valence-electron chi connectivity index (χ3n) is 4.32. The van der Waals surface area contributed by atoms with Crippen molar-refractivity contribution >= 4 is 0 Å². The molecule has 1 heterocycles. The molecule has 1 nitrogen and oxygen atoms in total. The SMILES string of the molecule is C.CC[N+]1(CC)C(C)C(C)C1C. The van der Waals surface area contributed by atoms with Gasteiger partial charge in [0.2, 0.25) is 0 Å². The third kappa shape index (κ3) is 1.19. The fourth-order valence-corrected chi connectivity index (χ4v) is 2.98. The van der Waals surface area contributed by atoms with Crippen molar-refractivity contribution < 1.29 is 4.48 Å². The van der Waals surface area contributed by atoms with Gasteiger partial charge in [-0.15, -0.1) is 0 Å². The first-order chi connectivity index (χ1) is 5.10. The maximum Gasteiger partial charge on any atom is 0.0946 e. The summed E-state index contributed by atoms with van der Waals surface area (Å²) < 4.78 is 1.35. The molecule has 0 bridgehead atoms. The fraction of sp³-hybridized carbons (Fsp3) is 1.00. The van der Waals surface area contributed by atoms with E-state index in [1.165, 1.54) is 17.6 Å². The molecule has 0 amide bonds. The Bertz CT molecular complexity index is 126. The first-order valence-electron chi connectivity index (χ1n) is 4.96. The summed E-state index contributed by atoms with van der Waals surface area (Å²) >= 11 is 0. The zero-order chi connectivity index (χ0) is 8.65. The van der Waals surface area contributed by atoms with E-state index in [4.69, 9.17) is 0 Å². The predicted octanol–water partition coefficient (Wildman–Crippen LogP) is 2.91. The van der Waals surface area contributed by atoms with Gasteiger partial charge >= 0.3 is 0 Å². The largest absolute Gasteiger partial charge is 0.319 e. The molecule has 0 radical (unpaired) electrons. The van der Waals surface area contributed by atoms with Gasteiger partial charge in [-0.25, -0.2) is 0 Å². The molecule has 74 valence electrons. The Labute approximate surface area is 78.4 Å².